The largest absolute Gasteiger partial charge is 0.487 e. The Balaban J connectivity index is 1.95. The number of carbonyl (C=O) groups is 3. The molecule has 3 rings (SSSR count). The number of amides is 3. The molecule has 6 N–H and O–H groups in total. The fourth-order valence-corrected chi connectivity index (χ4v) is 3.17. The predicted molar refractivity (Wildman–Crippen MR) is 111 cm³/mol. The summed E-state index contributed by atoms with van der Waals surface area (Å²) in [5, 5.41) is 0. The van der Waals surface area contributed by atoms with Crippen LogP contribution in [0.3, 0.4) is 0 Å². The molecule has 0 radical (unpaired) electrons. The Bertz CT molecular complexity index is 1160. The number of hydrogen-bond acceptors (Lipinski definition) is 5. The third-order valence-electron chi connectivity index (χ3n) is 4.61. The van der Waals surface area contributed by atoms with Crippen LogP contribution < -0.4 is 21.9 Å². The SMILES string of the molecule is Cc1c(C(N)=O)ccc(C(N)=O)c1-c1cccc(COc2cncc(C(N)=O)c2)c1. The van der Waals surface area contributed by atoms with Crippen LogP contribution in [0.4, 0.5) is 0 Å². The molecule has 8 heteroatoms. The van der Waals surface area contributed by atoms with Gasteiger partial charge in [0.1, 0.15) is 12.4 Å². The number of aromatic nitrogens is 1. The maximum absolute atomic E-state index is 11.9. The monoisotopic (exact) mass is 404 g/mol. The molecule has 30 heavy (non-hydrogen) atoms. The molecule has 0 atom stereocenters. The topological polar surface area (TPSA) is 151 Å². The molecule has 0 aliphatic heterocycles. The Kier molecular flexibility index (Phi) is 5.78. The first-order chi connectivity index (χ1) is 14.3. The minimum Gasteiger partial charge on any atom is -0.487 e. The molecule has 1 aromatic heterocycles. The maximum atomic E-state index is 11.9. The summed E-state index contributed by atoms with van der Waals surface area (Å²) in [5.74, 6) is -1.41. The number of rotatable bonds is 7. The van der Waals surface area contributed by atoms with Crippen LogP contribution >= 0.6 is 0 Å². The summed E-state index contributed by atoms with van der Waals surface area (Å²) >= 11 is 0. The van der Waals surface area contributed by atoms with Crippen molar-refractivity contribution in [2.24, 2.45) is 17.2 Å². The van der Waals surface area contributed by atoms with Gasteiger partial charge in [-0.25, -0.2) is 0 Å². The highest BCUT2D eigenvalue weighted by Gasteiger charge is 2.18. The highest BCUT2D eigenvalue weighted by Crippen LogP contribution is 2.30. The molecule has 8 nitrogen and oxygen atoms in total. The number of nitrogens with two attached hydrogens (primary N) is 3. The van der Waals surface area contributed by atoms with Crippen LogP contribution in [-0.2, 0) is 6.61 Å². The van der Waals surface area contributed by atoms with Gasteiger partial charge in [0.25, 0.3) is 0 Å². The second kappa shape index (κ2) is 8.44. The summed E-state index contributed by atoms with van der Waals surface area (Å²) < 4.78 is 5.71. The minimum absolute atomic E-state index is 0.179. The molecule has 3 aromatic rings. The zero-order valence-corrected chi connectivity index (χ0v) is 16.2. The number of pyridine rings is 1. The average molecular weight is 404 g/mol. The van der Waals surface area contributed by atoms with Gasteiger partial charge < -0.3 is 21.9 Å². The smallest absolute Gasteiger partial charge is 0.250 e. The lowest BCUT2D eigenvalue weighted by Crippen LogP contribution is -2.17. The van der Waals surface area contributed by atoms with Gasteiger partial charge in [-0.2, -0.15) is 0 Å². The number of ether oxygens (including phenoxy) is 1. The molecule has 0 saturated heterocycles. The van der Waals surface area contributed by atoms with Crippen molar-refractivity contribution in [3.05, 3.63) is 82.7 Å². The van der Waals surface area contributed by atoms with Crippen LogP contribution in [-0.4, -0.2) is 22.7 Å². The standard InChI is InChI=1S/C22H20N4O4/c1-12-17(21(24)28)5-6-18(22(25)29)19(12)14-4-2-3-13(7-14)11-30-16-8-15(20(23)27)9-26-10-16/h2-10H,11H2,1H3,(H2,23,27)(H2,24,28)(H2,25,29). The van der Waals surface area contributed by atoms with E-state index in [1.807, 2.05) is 12.1 Å². The number of hydrogen-bond donors (Lipinski definition) is 3. The third-order valence-corrected chi connectivity index (χ3v) is 4.61. The van der Waals surface area contributed by atoms with Gasteiger partial charge in [-0.1, -0.05) is 18.2 Å². The van der Waals surface area contributed by atoms with E-state index in [1.54, 1.807) is 19.1 Å². The first kappa shape index (κ1) is 20.5. The van der Waals surface area contributed by atoms with E-state index in [-0.39, 0.29) is 17.7 Å². The highest BCUT2D eigenvalue weighted by molar-refractivity contribution is 6.04. The van der Waals surface area contributed by atoms with E-state index >= 15 is 0 Å². The van der Waals surface area contributed by atoms with E-state index in [0.29, 0.717) is 28.0 Å². The van der Waals surface area contributed by atoms with Gasteiger partial charge in [-0.3, -0.25) is 19.4 Å². The molecule has 0 spiro atoms. The lowest BCUT2D eigenvalue weighted by Gasteiger charge is -2.15. The van der Waals surface area contributed by atoms with Gasteiger partial charge in [-0.15, -0.1) is 0 Å². The van der Waals surface area contributed by atoms with Gasteiger partial charge in [0, 0.05) is 17.3 Å². The van der Waals surface area contributed by atoms with Gasteiger partial charge in [0.15, 0.2) is 0 Å². The van der Waals surface area contributed by atoms with Crippen LogP contribution in [0.1, 0.15) is 42.2 Å². The molecule has 3 amide bonds. The second-order valence-electron chi connectivity index (χ2n) is 6.65. The van der Waals surface area contributed by atoms with E-state index in [2.05, 4.69) is 4.98 Å². The molecule has 0 aliphatic carbocycles. The van der Waals surface area contributed by atoms with E-state index in [1.165, 1.54) is 30.6 Å². The number of primary amides is 3. The van der Waals surface area contributed by atoms with Crippen molar-refractivity contribution in [3.63, 3.8) is 0 Å². The molecule has 0 saturated carbocycles. The third kappa shape index (κ3) is 4.27. The summed E-state index contributed by atoms with van der Waals surface area (Å²) in [6.07, 6.45) is 2.83. The van der Waals surface area contributed by atoms with Crippen molar-refractivity contribution in [1.29, 1.82) is 0 Å². The lowest BCUT2D eigenvalue weighted by molar-refractivity contribution is 0.0988. The van der Waals surface area contributed by atoms with Crippen molar-refractivity contribution >= 4 is 17.7 Å². The molecule has 0 fully saturated rings. The van der Waals surface area contributed by atoms with Gasteiger partial charge in [0.2, 0.25) is 17.7 Å². The summed E-state index contributed by atoms with van der Waals surface area (Å²) in [4.78, 5) is 38.9. The van der Waals surface area contributed by atoms with E-state index in [9.17, 15) is 14.4 Å². The number of benzene rings is 2. The Morgan fingerprint density at radius 1 is 0.900 bits per heavy atom. The molecule has 0 aliphatic rings. The molecule has 1 heterocycles. The fraction of sp³-hybridized carbons (Fsp3) is 0.0909. The van der Waals surface area contributed by atoms with E-state index in [0.717, 1.165) is 5.56 Å². The van der Waals surface area contributed by atoms with E-state index < -0.39 is 17.7 Å². The average Bonchev–Trinajstić information content (AvgIpc) is 2.72. The molecule has 0 bridgehead atoms. The van der Waals surface area contributed by atoms with Gasteiger partial charge >= 0.3 is 0 Å². The zero-order valence-electron chi connectivity index (χ0n) is 16.2. The molecular formula is C22H20N4O4. The Labute approximate surface area is 172 Å². The molecule has 2 aromatic carbocycles. The van der Waals surface area contributed by atoms with Crippen LogP contribution in [0.15, 0.2) is 54.9 Å². The number of nitrogens with zero attached hydrogens (tertiary/aromatic N) is 1. The second-order valence-corrected chi connectivity index (χ2v) is 6.65. The minimum atomic E-state index is -0.611. The fourth-order valence-electron chi connectivity index (χ4n) is 3.17. The Morgan fingerprint density at radius 2 is 1.60 bits per heavy atom. The summed E-state index contributed by atoms with van der Waals surface area (Å²) in [6, 6.07) is 11.8. The van der Waals surface area contributed by atoms with Crippen molar-refractivity contribution in [2.75, 3.05) is 0 Å². The summed E-state index contributed by atoms with van der Waals surface area (Å²) in [7, 11) is 0. The van der Waals surface area contributed by atoms with Crippen LogP contribution in [0.2, 0.25) is 0 Å². The highest BCUT2D eigenvalue weighted by atomic mass is 16.5. The van der Waals surface area contributed by atoms with Crippen molar-refractivity contribution in [1.82, 2.24) is 4.98 Å². The van der Waals surface area contributed by atoms with Crippen LogP contribution in [0, 0.1) is 6.92 Å². The predicted octanol–water partition coefficient (Wildman–Crippen LogP) is 1.93. The van der Waals surface area contributed by atoms with E-state index in [4.69, 9.17) is 21.9 Å². The normalized spacial score (nSPS) is 10.4. The molecule has 152 valence electrons. The van der Waals surface area contributed by atoms with Crippen LogP contribution in [0.25, 0.3) is 11.1 Å². The van der Waals surface area contributed by atoms with Crippen molar-refractivity contribution in [3.8, 4) is 16.9 Å². The van der Waals surface area contributed by atoms with Gasteiger partial charge in [-0.05, 0) is 53.4 Å². The first-order valence-corrected chi connectivity index (χ1v) is 8.98. The zero-order chi connectivity index (χ0) is 21.8. The number of carbonyl (C=O) groups excluding carboxylic acids is 3. The quantitative estimate of drug-likeness (QED) is 0.549. The van der Waals surface area contributed by atoms with Crippen molar-refractivity contribution in [2.45, 2.75) is 13.5 Å². The molecule has 0 unspecified atom stereocenters. The maximum Gasteiger partial charge on any atom is 0.250 e. The first-order valence-electron chi connectivity index (χ1n) is 8.98. The van der Waals surface area contributed by atoms with Gasteiger partial charge in [0.05, 0.1) is 11.8 Å². The summed E-state index contributed by atoms with van der Waals surface area (Å²) in [6.45, 7) is 1.89. The lowest BCUT2D eigenvalue weighted by atomic mass is 9.90. The van der Waals surface area contributed by atoms with Crippen molar-refractivity contribution < 1.29 is 19.1 Å². The Morgan fingerprint density at radius 3 is 2.27 bits per heavy atom. The van der Waals surface area contributed by atoms with Crippen LogP contribution in [0.5, 0.6) is 5.75 Å². The summed E-state index contributed by atoms with van der Waals surface area (Å²) in [5.41, 5.74) is 19.7. The molecular weight excluding hydrogens is 384 g/mol. The Hall–Kier alpha value is -4.20.